The van der Waals surface area contributed by atoms with Crippen LogP contribution in [0.3, 0.4) is 0 Å². The van der Waals surface area contributed by atoms with Crippen molar-refractivity contribution in [3.8, 4) is 0 Å². The summed E-state index contributed by atoms with van der Waals surface area (Å²) in [6.45, 7) is 8.56. The van der Waals surface area contributed by atoms with Gasteiger partial charge in [-0.2, -0.15) is 0 Å². The van der Waals surface area contributed by atoms with Gasteiger partial charge >= 0.3 is 0 Å². The SMILES string of the molecule is CCN1CCCC(NC(=O)C2(CC)CCCN2)C1. The number of piperidine rings is 1. The van der Waals surface area contributed by atoms with E-state index in [0.717, 1.165) is 45.3 Å². The van der Waals surface area contributed by atoms with Gasteiger partial charge in [0.25, 0.3) is 0 Å². The molecule has 2 N–H and O–H groups in total. The monoisotopic (exact) mass is 253 g/mol. The predicted octanol–water partition coefficient (Wildman–Crippen LogP) is 1.12. The Labute approximate surface area is 110 Å². The van der Waals surface area contributed by atoms with Crippen molar-refractivity contribution in [2.24, 2.45) is 0 Å². The summed E-state index contributed by atoms with van der Waals surface area (Å²) in [4.78, 5) is 14.9. The summed E-state index contributed by atoms with van der Waals surface area (Å²) in [6.07, 6.45) is 5.32. The highest BCUT2D eigenvalue weighted by Gasteiger charge is 2.40. The maximum absolute atomic E-state index is 12.5. The van der Waals surface area contributed by atoms with Gasteiger partial charge in [0.2, 0.25) is 5.91 Å². The molecule has 104 valence electrons. The first-order chi connectivity index (χ1) is 8.70. The minimum absolute atomic E-state index is 0.227. The number of hydrogen-bond donors (Lipinski definition) is 2. The first-order valence-electron chi connectivity index (χ1n) is 7.48. The van der Waals surface area contributed by atoms with Crippen molar-refractivity contribution in [1.82, 2.24) is 15.5 Å². The molecule has 0 bridgehead atoms. The van der Waals surface area contributed by atoms with Crippen molar-refractivity contribution >= 4 is 5.91 Å². The third-order valence-corrected chi connectivity index (χ3v) is 4.57. The zero-order valence-electron chi connectivity index (χ0n) is 11.8. The molecule has 0 aliphatic carbocycles. The lowest BCUT2D eigenvalue weighted by atomic mass is 9.92. The Kier molecular flexibility index (Phi) is 4.62. The van der Waals surface area contributed by atoms with Gasteiger partial charge in [0, 0.05) is 12.6 Å². The topological polar surface area (TPSA) is 44.4 Å². The van der Waals surface area contributed by atoms with Crippen LogP contribution in [-0.4, -0.2) is 48.6 Å². The molecule has 0 spiro atoms. The highest BCUT2D eigenvalue weighted by atomic mass is 16.2. The van der Waals surface area contributed by atoms with Gasteiger partial charge in [0.15, 0.2) is 0 Å². The van der Waals surface area contributed by atoms with Crippen LogP contribution in [-0.2, 0) is 4.79 Å². The predicted molar refractivity (Wildman–Crippen MR) is 73.5 cm³/mol. The van der Waals surface area contributed by atoms with E-state index in [4.69, 9.17) is 0 Å². The van der Waals surface area contributed by atoms with E-state index in [1.54, 1.807) is 0 Å². The molecule has 4 heteroatoms. The van der Waals surface area contributed by atoms with E-state index >= 15 is 0 Å². The summed E-state index contributed by atoms with van der Waals surface area (Å²) < 4.78 is 0. The fourth-order valence-corrected chi connectivity index (χ4v) is 3.25. The minimum atomic E-state index is -0.283. The van der Waals surface area contributed by atoms with Gasteiger partial charge in [0.05, 0.1) is 5.54 Å². The van der Waals surface area contributed by atoms with Crippen LogP contribution in [0.4, 0.5) is 0 Å². The highest BCUT2D eigenvalue weighted by molar-refractivity contribution is 5.86. The molecule has 2 aliphatic rings. The Balaban J connectivity index is 1.90. The van der Waals surface area contributed by atoms with Crippen LogP contribution in [0.5, 0.6) is 0 Å². The lowest BCUT2D eigenvalue weighted by Crippen LogP contribution is -2.58. The molecule has 0 saturated carbocycles. The number of rotatable bonds is 4. The lowest BCUT2D eigenvalue weighted by molar-refractivity contribution is -0.128. The lowest BCUT2D eigenvalue weighted by Gasteiger charge is -2.35. The molecule has 0 radical (unpaired) electrons. The average Bonchev–Trinajstić information content (AvgIpc) is 2.89. The third kappa shape index (κ3) is 2.86. The van der Waals surface area contributed by atoms with Crippen molar-refractivity contribution in [1.29, 1.82) is 0 Å². The van der Waals surface area contributed by atoms with Crippen LogP contribution in [0.25, 0.3) is 0 Å². The molecule has 2 heterocycles. The quantitative estimate of drug-likeness (QED) is 0.789. The van der Waals surface area contributed by atoms with Gasteiger partial charge in [-0.15, -0.1) is 0 Å². The number of carbonyl (C=O) groups excluding carboxylic acids is 1. The molecule has 2 atom stereocenters. The standard InChI is InChI=1S/C14H27N3O/c1-3-14(8-6-9-15-14)13(18)16-12-7-5-10-17(4-2)11-12/h12,15H,3-11H2,1-2H3,(H,16,18). The number of amides is 1. The van der Waals surface area contributed by atoms with E-state index in [1.807, 2.05) is 0 Å². The number of hydrogen-bond acceptors (Lipinski definition) is 3. The van der Waals surface area contributed by atoms with Crippen molar-refractivity contribution in [2.75, 3.05) is 26.2 Å². The average molecular weight is 253 g/mol. The van der Waals surface area contributed by atoms with E-state index in [2.05, 4.69) is 29.4 Å². The molecule has 2 aliphatic heterocycles. The van der Waals surface area contributed by atoms with Gasteiger partial charge in [-0.05, 0) is 51.7 Å². The van der Waals surface area contributed by atoms with Crippen molar-refractivity contribution < 1.29 is 4.79 Å². The maximum Gasteiger partial charge on any atom is 0.240 e. The minimum Gasteiger partial charge on any atom is -0.350 e. The van der Waals surface area contributed by atoms with E-state index in [9.17, 15) is 4.79 Å². The molecule has 2 saturated heterocycles. The fraction of sp³-hybridized carbons (Fsp3) is 0.929. The van der Waals surface area contributed by atoms with Crippen LogP contribution in [0.15, 0.2) is 0 Å². The summed E-state index contributed by atoms with van der Waals surface area (Å²) in [5, 5.41) is 6.68. The van der Waals surface area contributed by atoms with Gasteiger partial charge < -0.3 is 15.5 Å². The smallest absolute Gasteiger partial charge is 0.240 e. The largest absolute Gasteiger partial charge is 0.350 e. The molecule has 18 heavy (non-hydrogen) atoms. The maximum atomic E-state index is 12.5. The zero-order valence-corrected chi connectivity index (χ0v) is 11.8. The third-order valence-electron chi connectivity index (χ3n) is 4.57. The highest BCUT2D eigenvalue weighted by Crippen LogP contribution is 2.23. The molecular formula is C14H27N3O. The Morgan fingerprint density at radius 3 is 2.89 bits per heavy atom. The summed E-state index contributed by atoms with van der Waals surface area (Å²) in [6, 6.07) is 0.344. The molecule has 1 amide bonds. The van der Waals surface area contributed by atoms with E-state index in [0.29, 0.717) is 6.04 Å². The van der Waals surface area contributed by atoms with Gasteiger partial charge in [0.1, 0.15) is 0 Å². The second kappa shape index (κ2) is 6.02. The first-order valence-corrected chi connectivity index (χ1v) is 7.48. The van der Waals surface area contributed by atoms with Gasteiger partial charge in [-0.25, -0.2) is 0 Å². The molecule has 2 fully saturated rings. The Bertz CT molecular complexity index is 287. The van der Waals surface area contributed by atoms with Crippen molar-refractivity contribution in [2.45, 2.75) is 57.5 Å². The second-order valence-corrected chi connectivity index (χ2v) is 5.67. The van der Waals surface area contributed by atoms with Crippen LogP contribution >= 0.6 is 0 Å². The molecule has 2 rings (SSSR count). The molecule has 2 unspecified atom stereocenters. The second-order valence-electron chi connectivity index (χ2n) is 5.67. The van der Waals surface area contributed by atoms with Crippen LogP contribution in [0.1, 0.15) is 46.0 Å². The zero-order chi connectivity index (χ0) is 13.0. The summed E-state index contributed by atoms with van der Waals surface area (Å²) in [5.41, 5.74) is -0.283. The summed E-state index contributed by atoms with van der Waals surface area (Å²) >= 11 is 0. The van der Waals surface area contributed by atoms with Crippen LogP contribution in [0.2, 0.25) is 0 Å². The fourth-order valence-electron chi connectivity index (χ4n) is 3.25. The first kappa shape index (κ1) is 13.8. The number of carbonyl (C=O) groups is 1. The van der Waals surface area contributed by atoms with E-state index < -0.39 is 0 Å². The molecule has 0 aromatic carbocycles. The Morgan fingerprint density at radius 2 is 2.28 bits per heavy atom. The van der Waals surface area contributed by atoms with Crippen LogP contribution in [0, 0.1) is 0 Å². The summed E-state index contributed by atoms with van der Waals surface area (Å²) in [5.74, 6) is 0.227. The van der Waals surface area contributed by atoms with Gasteiger partial charge in [-0.1, -0.05) is 13.8 Å². The number of likely N-dealkylation sites (tertiary alicyclic amines) is 1. The molecular weight excluding hydrogens is 226 g/mol. The Hall–Kier alpha value is -0.610. The number of nitrogens with one attached hydrogen (secondary N) is 2. The van der Waals surface area contributed by atoms with Crippen molar-refractivity contribution in [3.63, 3.8) is 0 Å². The Morgan fingerprint density at radius 1 is 1.44 bits per heavy atom. The number of likely N-dealkylation sites (N-methyl/N-ethyl adjacent to an activating group) is 1. The summed E-state index contributed by atoms with van der Waals surface area (Å²) in [7, 11) is 0. The van der Waals surface area contributed by atoms with E-state index in [-0.39, 0.29) is 11.4 Å². The van der Waals surface area contributed by atoms with Crippen LogP contribution < -0.4 is 10.6 Å². The molecule has 0 aromatic rings. The van der Waals surface area contributed by atoms with Crippen molar-refractivity contribution in [3.05, 3.63) is 0 Å². The number of nitrogens with zero attached hydrogens (tertiary/aromatic N) is 1. The normalized spacial score (nSPS) is 33.6. The van der Waals surface area contributed by atoms with Gasteiger partial charge in [-0.3, -0.25) is 4.79 Å². The van der Waals surface area contributed by atoms with E-state index in [1.165, 1.54) is 13.0 Å². The molecule has 0 aromatic heterocycles. The molecule has 4 nitrogen and oxygen atoms in total.